The van der Waals surface area contributed by atoms with Crippen molar-refractivity contribution in [3.05, 3.63) is 29.8 Å². The molecule has 0 spiro atoms. The number of unbranched alkanes of at least 4 members (excludes halogenated alkanes) is 3. The monoisotopic (exact) mass is 265 g/mol. The van der Waals surface area contributed by atoms with Gasteiger partial charge in [0.25, 0.3) is 0 Å². The highest BCUT2D eigenvalue weighted by Gasteiger charge is 2.09. The van der Waals surface area contributed by atoms with E-state index in [4.69, 9.17) is 9.47 Å². The van der Waals surface area contributed by atoms with Gasteiger partial charge in [-0.3, -0.25) is 0 Å². The number of methoxy groups -OCH3 is 1. The first-order chi connectivity index (χ1) is 9.31. The quantitative estimate of drug-likeness (QED) is 0.656. The Labute approximate surface area is 117 Å². The Balaban J connectivity index is 2.31. The van der Waals surface area contributed by atoms with Crippen LogP contribution in [-0.2, 0) is 4.74 Å². The van der Waals surface area contributed by atoms with Gasteiger partial charge in [-0.1, -0.05) is 38.3 Å². The van der Waals surface area contributed by atoms with E-state index in [9.17, 15) is 0 Å². The van der Waals surface area contributed by atoms with Crippen LogP contribution < -0.4 is 10.1 Å². The van der Waals surface area contributed by atoms with E-state index in [0.29, 0.717) is 0 Å². The summed E-state index contributed by atoms with van der Waals surface area (Å²) in [5.74, 6) is 0.888. The summed E-state index contributed by atoms with van der Waals surface area (Å²) in [5, 5.41) is 3.29. The van der Waals surface area contributed by atoms with Crippen LogP contribution >= 0.6 is 0 Å². The molecule has 1 aromatic carbocycles. The van der Waals surface area contributed by atoms with Gasteiger partial charge < -0.3 is 14.8 Å². The van der Waals surface area contributed by atoms with Crippen LogP contribution in [0.2, 0.25) is 0 Å². The highest BCUT2D eigenvalue weighted by Crippen LogP contribution is 2.17. The van der Waals surface area contributed by atoms with E-state index in [0.717, 1.165) is 25.4 Å². The van der Waals surface area contributed by atoms with Gasteiger partial charge in [0.05, 0.1) is 19.8 Å². The second-order valence-corrected chi connectivity index (χ2v) is 4.75. The molecule has 1 N–H and O–H groups in total. The fraction of sp³-hybridized carbons (Fsp3) is 0.625. The lowest BCUT2D eigenvalue weighted by molar-refractivity contribution is 0.110. The van der Waals surface area contributed by atoms with Crippen LogP contribution in [0, 0.1) is 0 Å². The van der Waals surface area contributed by atoms with Crippen molar-refractivity contribution in [2.45, 2.75) is 38.6 Å². The van der Waals surface area contributed by atoms with E-state index < -0.39 is 0 Å². The fourth-order valence-corrected chi connectivity index (χ4v) is 2.01. The van der Waals surface area contributed by atoms with Gasteiger partial charge in [0.2, 0.25) is 0 Å². The molecular weight excluding hydrogens is 238 g/mol. The molecule has 1 aromatic rings. The number of ether oxygens (including phenoxy) is 2. The van der Waals surface area contributed by atoms with Crippen LogP contribution in [0.15, 0.2) is 24.3 Å². The summed E-state index contributed by atoms with van der Waals surface area (Å²) < 4.78 is 10.9. The molecule has 0 aromatic heterocycles. The molecule has 19 heavy (non-hydrogen) atoms. The van der Waals surface area contributed by atoms with Crippen LogP contribution in [0.3, 0.4) is 0 Å². The number of benzene rings is 1. The Morgan fingerprint density at radius 2 is 1.84 bits per heavy atom. The molecule has 0 saturated heterocycles. The fourth-order valence-electron chi connectivity index (χ4n) is 2.01. The summed E-state index contributed by atoms with van der Waals surface area (Å²) in [6.07, 6.45) is 5.00. The van der Waals surface area contributed by atoms with Crippen LogP contribution in [-0.4, -0.2) is 27.4 Å². The summed E-state index contributed by atoms with van der Waals surface area (Å²) in [4.78, 5) is 0. The van der Waals surface area contributed by atoms with E-state index >= 15 is 0 Å². The van der Waals surface area contributed by atoms with Gasteiger partial charge in [-0.05, 0) is 31.2 Å². The maximum atomic E-state index is 5.75. The minimum absolute atomic E-state index is 0.247. The van der Waals surface area contributed by atoms with Crippen molar-refractivity contribution in [2.24, 2.45) is 0 Å². The Bertz CT molecular complexity index is 324. The molecule has 0 amide bonds. The molecule has 0 aliphatic carbocycles. The lowest BCUT2D eigenvalue weighted by atomic mass is 10.1. The van der Waals surface area contributed by atoms with Crippen LogP contribution in [0.25, 0.3) is 0 Å². The second kappa shape index (κ2) is 9.82. The largest absolute Gasteiger partial charge is 0.497 e. The molecule has 0 radical (unpaired) electrons. The predicted molar refractivity (Wildman–Crippen MR) is 79.8 cm³/mol. The standard InChI is InChI=1S/C16H27NO2/c1-4-5-6-7-12-19-13-16(17-2)14-8-10-15(18-3)11-9-14/h8-11,16-17H,4-7,12-13H2,1-3H3. The summed E-state index contributed by atoms with van der Waals surface area (Å²) in [5.41, 5.74) is 1.23. The molecule has 0 heterocycles. The van der Waals surface area contributed by atoms with Crippen LogP contribution in [0.4, 0.5) is 0 Å². The van der Waals surface area contributed by atoms with Gasteiger partial charge in [0, 0.05) is 6.61 Å². The van der Waals surface area contributed by atoms with Crippen molar-refractivity contribution >= 4 is 0 Å². The summed E-state index contributed by atoms with van der Waals surface area (Å²) in [6.45, 7) is 3.80. The average Bonchev–Trinajstić information content (AvgIpc) is 2.47. The molecule has 1 unspecified atom stereocenters. The van der Waals surface area contributed by atoms with Crippen molar-refractivity contribution in [3.8, 4) is 5.75 Å². The van der Waals surface area contributed by atoms with E-state index in [1.807, 2.05) is 19.2 Å². The minimum atomic E-state index is 0.247. The Morgan fingerprint density at radius 3 is 2.42 bits per heavy atom. The van der Waals surface area contributed by atoms with Crippen molar-refractivity contribution in [2.75, 3.05) is 27.4 Å². The number of hydrogen-bond acceptors (Lipinski definition) is 3. The first-order valence-corrected chi connectivity index (χ1v) is 7.20. The van der Waals surface area contributed by atoms with Crippen molar-refractivity contribution in [1.29, 1.82) is 0 Å². The molecule has 0 aliphatic heterocycles. The predicted octanol–water partition coefficient (Wildman–Crippen LogP) is 3.55. The SMILES string of the molecule is CCCCCCOCC(NC)c1ccc(OC)cc1. The Hall–Kier alpha value is -1.06. The zero-order chi connectivity index (χ0) is 13.9. The minimum Gasteiger partial charge on any atom is -0.497 e. The van der Waals surface area contributed by atoms with Crippen LogP contribution in [0.5, 0.6) is 5.75 Å². The summed E-state index contributed by atoms with van der Waals surface area (Å²) in [6, 6.07) is 8.39. The third-order valence-electron chi connectivity index (χ3n) is 3.29. The number of likely N-dealkylation sites (N-methyl/N-ethyl adjacent to an activating group) is 1. The van der Waals surface area contributed by atoms with Crippen molar-refractivity contribution in [1.82, 2.24) is 5.32 Å². The molecule has 108 valence electrons. The van der Waals surface area contributed by atoms with Gasteiger partial charge in [-0.2, -0.15) is 0 Å². The maximum absolute atomic E-state index is 5.75. The third-order valence-corrected chi connectivity index (χ3v) is 3.29. The first kappa shape index (κ1) is 16.0. The number of nitrogens with one attached hydrogen (secondary N) is 1. The topological polar surface area (TPSA) is 30.5 Å². The van der Waals surface area contributed by atoms with Gasteiger partial charge in [0.1, 0.15) is 5.75 Å². The molecule has 3 heteroatoms. The maximum Gasteiger partial charge on any atom is 0.118 e. The molecule has 0 saturated carbocycles. The number of hydrogen-bond donors (Lipinski definition) is 1. The normalized spacial score (nSPS) is 12.4. The smallest absolute Gasteiger partial charge is 0.118 e. The third kappa shape index (κ3) is 6.08. The van der Waals surface area contributed by atoms with Gasteiger partial charge in [0.15, 0.2) is 0 Å². The van der Waals surface area contributed by atoms with Crippen LogP contribution in [0.1, 0.15) is 44.2 Å². The van der Waals surface area contributed by atoms with Crippen molar-refractivity contribution in [3.63, 3.8) is 0 Å². The van der Waals surface area contributed by atoms with Gasteiger partial charge >= 0.3 is 0 Å². The highest BCUT2D eigenvalue weighted by molar-refractivity contribution is 5.29. The lowest BCUT2D eigenvalue weighted by Crippen LogP contribution is -2.22. The number of rotatable bonds is 10. The molecule has 0 aliphatic rings. The molecular formula is C16H27NO2. The highest BCUT2D eigenvalue weighted by atomic mass is 16.5. The zero-order valence-electron chi connectivity index (χ0n) is 12.4. The first-order valence-electron chi connectivity index (χ1n) is 7.20. The molecule has 0 bridgehead atoms. The molecule has 1 rings (SSSR count). The van der Waals surface area contributed by atoms with Crippen molar-refractivity contribution < 1.29 is 9.47 Å². The van der Waals surface area contributed by atoms with Gasteiger partial charge in [-0.25, -0.2) is 0 Å². The molecule has 0 fully saturated rings. The Morgan fingerprint density at radius 1 is 1.11 bits per heavy atom. The van der Waals surface area contributed by atoms with E-state index in [2.05, 4.69) is 24.4 Å². The average molecular weight is 265 g/mol. The van der Waals surface area contributed by atoms with Gasteiger partial charge in [-0.15, -0.1) is 0 Å². The summed E-state index contributed by atoms with van der Waals surface area (Å²) >= 11 is 0. The Kier molecular flexibility index (Phi) is 8.26. The second-order valence-electron chi connectivity index (χ2n) is 4.75. The van der Waals surface area contributed by atoms with E-state index in [1.165, 1.54) is 24.8 Å². The molecule has 3 nitrogen and oxygen atoms in total. The molecule has 1 atom stereocenters. The summed E-state index contributed by atoms with van der Waals surface area (Å²) in [7, 11) is 3.65. The zero-order valence-corrected chi connectivity index (χ0v) is 12.4. The van der Waals surface area contributed by atoms with E-state index in [-0.39, 0.29) is 6.04 Å². The van der Waals surface area contributed by atoms with E-state index in [1.54, 1.807) is 7.11 Å². The lowest BCUT2D eigenvalue weighted by Gasteiger charge is -2.17.